The van der Waals surface area contributed by atoms with Gasteiger partial charge in [0, 0.05) is 0 Å². The van der Waals surface area contributed by atoms with Gasteiger partial charge < -0.3 is 0 Å². The predicted molar refractivity (Wildman–Crippen MR) is 159 cm³/mol. The molecule has 5 heteroatoms. The normalized spacial score (nSPS) is 11.1. The van der Waals surface area contributed by atoms with E-state index in [0.717, 1.165) is 25.7 Å². The van der Waals surface area contributed by atoms with Gasteiger partial charge in [0.1, 0.15) is 0 Å². The average molecular weight is 590 g/mol. The SMILES string of the molecule is CCCCCCCCCCCCCCCC(=O)O[Se]OC(=O)CCCCCCCCCCCCCCC. The average Bonchev–Trinajstić information content (AvgIpc) is 2.89. The zero-order valence-corrected chi connectivity index (χ0v) is 26.6. The van der Waals surface area contributed by atoms with E-state index in [4.69, 9.17) is 7.64 Å². The van der Waals surface area contributed by atoms with Crippen LogP contribution in [0.4, 0.5) is 0 Å². The molecule has 0 aliphatic carbocycles. The first-order valence-electron chi connectivity index (χ1n) is 16.3. The molecular formula is C32H62O4Se. The summed E-state index contributed by atoms with van der Waals surface area (Å²) in [6.45, 7) is 4.53. The molecule has 0 N–H and O–H groups in total. The van der Waals surface area contributed by atoms with Crippen molar-refractivity contribution in [2.45, 2.75) is 194 Å². The Morgan fingerprint density at radius 2 is 0.595 bits per heavy atom. The Kier molecular flexibility index (Phi) is 31.2. The minimum atomic E-state index is -0.804. The van der Waals surface area contributed by atoms with Gasteiger partial charge in [0.2, 0.25) is 0 Å². The number of carbonyl (C=O) groups excluding carboxylic acids is 2. The van der Waals surface area contributed by atoms with Crippen molar-refractivity contribution in [3.05, 3.63) is 0 Å². The van der Waals surface area contributed by atoms with Gasteiger partial charge in [-0.3, -0.25) is 0 Å². The van der Waals surface area contributed by atoms with Gasteiger partial charge in [-0.2, -0.15) is 0 Å². The van der Waals surface area contributed by atoms with Crippen LogP contribution in [-0.4, -0.2) is 27.6 Å². The number of carbonyl (C=O) groups is 2. The van der Waals surface area contributed by atoms with Crippen LogP contribution >= 0.6 is 0 Å². The molecule has 0 bridgehead atoms. The second-order valence-electron chi connectivity index (χ2n) is 11.0. The minimum absolute atomic E-state index is 0.225. The molecule has 0 saturated carbocycles. The first-order chi connectivity index (χ1) is 18.2. The zero-order chi connectivity index (χ0) is 27.1. The molecule has 0 fully saturated rings. The Bertz CT molecular complexity index is 441. The fourth-order valence-electron chi connectivity index (χ4n) is 4.75. The van der Waals surface area contributed by atoms with E-state index in [2.05, 4.69) is 13.8 Å². The Labute approximate surface area is 238 Å². The van der Waals surface area contributed by atoms with Crippen LogP contribution in [0.25, 0.3) is 0 Å². The van der Waals surface area contributed by atoms with Crippen LogP contribution in [-0.2, 0) is 17.2 Å². The van der Waals surface area contributed by atoms with Crippen molar-refractivity contribution in [1.29, 1.82) is 0 Å². The molecule has 0 aromatic heterocycles. The van der Waals surface area contributed by atoms with Crippen molar-refractivity contribution in [3.8, 4) is 0 Å². The van der Waals surface area contributed by atoms with Crippen molar-refractivity contribution in [2.75, 3.05) is 0 Å². The second-order valence-corrected chi connectivity index (χ2v) is 11.9. The van der Waals surface area contributed by atoms with E-state index in [1.54, 1.807) is 0 Å². The fraction of sp³-hybridized carbons (Fsp3) is 0.938. The van der Waals surface area contributed by atoms with E-state index in [9.17, 15) is 9.59 Å². The molecule has 0 amide bonds. The summed E-state index contributed by atoms with van der Waals surface area (Å²) in [5.74, 6) is -0.450. The van der Waals surface area contributed by atoms with Gasteiger partial charge in [0.25, 0.3) is 0 Å². The monoisotopic (exact) mass is 590 g/mol. The third kappa shape index (κ3) is 31.6. The van der Waals surface area contributed by atoms with E-state index in [1.165, 1.54) is 141 Å². The Hall–Kier alpha value is -0.541. The van der Waals surface area contributed by atoms with Crippen LogP contribution in [0.2, 0.25) is 0 Å². The molecule has 0 aromatic carbocycles. The van der Waals surface area contributed by atoms with E-state index >= 15 is 0 Å². The third-order valence-electron chi connectivity index (χ3n) is 7.22. The van der Waals surface area contributed by atoms with Crippen LogP contribution in [0, 0.1) is 0 Å². The quantitative estimate of drug-likeness (QED) is 0.0618. The first-order valence-corrected chi connectivity index (χ1v) is 17.7. The molecular weight excluding hydrogens is 527 g/mol. The number of unbranched alkanes of at least 4 members (excludes halogenated alkanes) is 24. The van der Waals surface area contributed by atoms with Gasteiger partial charge in [0.15, 0.2) is 0 Å². The van der Waals surface area contributed by atoms with E-state index in [1.807, 2.05) is 0 Å². The summed E-state index contributed by atoms with van der Waals surface area (Å²) < 4.78 is 10.2. The van der Waals surface area contributed by atoms with Crippen molar-refractivity contribution in [3.63, 3.8) is 0 Å². The first kappa shape index (κ1) is 36.5. The van der Waals surface area contributed by atoms with Crippen molar-refractivity contribution >= 4 is 27.6 Å². The maximum atomic E-state index is 11.8. The molecule has 0 heterocycles. The van der Waals surface area contributed by atoms with Gasteiger partial charge in [-0.25, -0.2) is 0 Å². The summed E-state index contributed by atoms with van der Waals surface area (Å²) in [6.07, 6.45) is 34.4. The van der Waals surface area contributed by atoms with Crippen molar-refractivity contribution in [1.82, 2.24) is 0 Å². The Morgan fingerprint density at radius 3 is 0.838 bits per heavy atom. The predicted octanol–water partition coefficient (Wildman–Crippen LogP) is 10.6. The van der Waals surface area contributed by atoms with Crippen molar-refractivity contribution < 1.29 is 17.2 Å². The Morgan fingerprint density at radius 1 is 0.378 bits per heavy atom. The summed E-state index contributed by atoms with van der Waals surface area (Å²) in [7, 11) is 0. The molecule has 0 aliphatic rings. The van der Waals surface area contributed by atoms with E-state index in [-0.39, 0.29) is 11.9 Å². The van der Waals surface area contributed by atoms with Gasteiger partial charge in [-0.15, -0.1) is 0 Å². The maximum absolute atomic E-state index is 11.8. The molecule has 0 spiro atoms. The molecule has 0 saturated heterocycles. The topological polar surface area (TPSA) is 52.6 Å². The van der Waals surface area contributed by atoms with Crippen molar-refractivity contribution in [2.24, 2.45) is 0 Å². The number of hydrogen-bond donors (Lipinski definition) is 0. The van der Waals surface area contributed by atoms with Crippen LogP contribution < -0.4 is 0 Å². The molecule has 0 aliphatic heterocycles. The molecule has 0 radical (unpaired) electrons. The molecule has 0 rings (SSSR count). The molecule has 4 nitrogen and oxygen atoms in total. The van der Waals surface area contributed by atoms with Crippen LogP contribution in [0.3, 0.4) is 0 Å². The molecule has 0 atom stereocenters. The standard InChI is InChI=1S/C32H62O4Se/c1-3-5-7-9-11-13-15-17-19-21-23-25-27-29-31(33)35-37-36-32(34)30-28-26-24-22-20-18-16-14-12-10-8-6-4-2/h3-30H2,1-2H3. The molecule has 37 heavy (non-hydrogen) atoms. The van der Waals surface area contributed by atoms with Gasteiger partial charge in [-0.1, -0.05) is 65.2 Å². The van der Waals surface area contributed by atoms with E-state index in [0.29, 0.717) is 12.8 Å². The number of hydrogen-bond acceptors (Lipinski definition) is 4. The van der Waals surface area contributed by atoms with E-state index < -0.39 is 15.6 Å². The summed E-state index contributed by atoms with van der Waals surface area (Å²) in [6, 6.07) is 0. The summed E-state index contributed by atoms with van der Waals surface area (Å²) >= 11 is -0.804. The molecule has 0 aromatic rings. The summed E-state index contributed by atoms with van der Waals surface area (Å²) in [5.41, 5.74) is 0. The summed E-state index contributed by atoms with van der Waals surface area (Å²) in [5, 5.41) is 0. The number of rotatable bonds is 30. The molecule has 220 valence electrons. The fourth-order valence-corrected chi connectivity index (χ4v) is 5.49. The van der Waals surface area contributed by atoms with Gasteiger partial charge >= 0.3 is 173 Å². The zero-order valence-electron chi connectivity index (χ0n) is 24.8. The van der Waals surface area contributed by atoms with Crippen LogP contribution in [0.5, 0.6) is 0 Å². The van der Waals surface area contributed by atoms with Gasteiger partial charge in [0.05, 0.1) is 0 Å². The molecule has 0 unspecified atom stereocenters. The van der Waals surface area contributed by atoms with Gasteiger partial charge in [-0.05, 0) is 0 Å². The minimum Gasteiger partial charge on any atom is -0.0654 e. The van der Waals surface area contributed by atoms with Crippen LogP contribution in [0.1, 0.15) is 194 Å². The Balaban J connectivity index is 3.27. The smallest absolute Gasteiger partial charge is 0.0654 e. The van der Waals surface area contributed by atoms with Crippen LogP contribution in [0.15, 0.2) is 0 Å². The summed E-state index contributed by atoms with van der Waals surface area (Å²) in [4.78, 5) is 23.6. The second kappa shape index (κ2) is 31.7. The third-order valence-corrected chi connectivity index (χ3v) is 8.29.